The quantitative estimate of drug-likeness (QED) is 0.716. The minimum atomic E-state index is -3.77. The van der Waals surface area contributed by atoms with Crippen LogP contribution in [0.5, 0.6) is 0 Å². The van der Waals surface area contributed by atoms with Crippen LogP contribution in [0.4, 0.5) is 0 Å². The van der Waals surface area contributed by atoms with Gasteiger partial charge in [-0.15, -0.1) is 0 Å². The first-order valence-corrected chi connectivity index (χ1v) is 11.0. The third-order valence-electron chi connectivity index (χ3n) is 3.33. The van der Waals surface area contributed by atoms with Crippen molar-refractivity contribution in [2.75, 3.05) is 7.05 Å². The largest absolute Gasteiger partial charge is 0.240 e. The van der Waals surface area contributed by atoms with Crippen LogP contribution in [0, 0.1) is 0 Å². The van der Waals surface area contributed by atoms with E-state index in [9.17, 15) is 16.8 Å². The molecule has 2 N–H and O–H groups in total. The summed E-state index contributed by atoms with van der Waals surface area (Å²) in [7, 11) is -5.84. The van der Waals surface area contributed by atoms with Crippen molar-refractivity contribution >= 4 is 43.2 Å². The molecule has 0 saturated carbocycles. The summed E-state index contributed by atoms with van der Waals surface area (Å²) < 4.78 is 52.5. The molecule has 2 rings (SSSR count). The second-order valence-corrected chi connectivity index (χ2v) is 9.69. The van der Waals surface area contributed by atoms with Gasteiger partial charge in [0.2, 0.25) is 20.0 Å². The Labute approximate surface area is 157 Å². The summed E-state index contributed by atoms with van der Waals surface area (Å²) >= 11 is 11.6. The van der Waals surface area contributed by atoms with E-state index < -0.39 is 20.0 Å². The molecule has 25 heavy (non-hydrogen) atoms. The SMILES string of the molecule is CNS(=O)(=O)Cc1cccc(CNS(=O)(=O)c2ccc(Cl)c(Cl)c2)c1. The minimum Gasteiger partial charge on any atom is -0.218 e. The summed E-state index contributed by atoms with van der Waals surface area (Å²) in [6.07, 6.45) is 0. The van der Waals surface area contributed by atoms with Gasteiger partial charge in [0.15, 0.2) is 0 Å². The average molecular weight is 423 g/mol. The lowest BCUT2D eigenvalue weighted by Crippen LogP contribution is -2.23. The molecule has 2 aromatic rings. The van der Waals surface area contributed by atoms with Gasteiger partial charge in [-0.1, -0.05) is 47.5 Å². The summed E-state index contributed by atoms with van der Waals surface area (Å²) in [6, 6.07) is 10.7. The molecule has 0 aliphatic rings. The summed E-state index contributed by atoms with van der Waals surface area (Å²) in [5.41, 5.74) is 1.19. The number of rotatable bonds is 7. The van der Waals surface area contributed by atoms with Crippen molar-refractivity contribution in [1.29, 1.82) is 0 Å². The van der Waals surface area contributed by atoms with E-state index in [1.807, 2.05) is 0 Å². The monoisotopic (exact) mass is 422 g/mol. The molecule has 136 valence electrons. The van der Waals surface area contributed by atoms with Gasteiger partial charge in [-0.05, 0) is 36.4 Å². The number of benzene rings is 2. The van der Waals surface area contributed by atoms with Crippen LogP contribution in [0.3, 0.4) is 0 Å². The molecule has 0 amide bonds. The zero-order valence-electron chi connectivity index (χ0n) is 13.2. The second kappa shape index (κ2) is 8.03. The highest BCUT2D eigenvalue weighted by Crippen LogP contribution is 2.24. The molecule has 0 aliphatic heterocycles. The minimum absolute atomic E-state index is 0.00387. The highest BCUT2D eigenvalue weighted by Gasteiger charge is 2.15. The van der Waals surface area contributed by atoms with Crippen molar-refractivity contribution < 1.29 is 16.8 Å². The van der Waals surface area contributed by atoms with Gasteiger partial charge < -0.3 is 0 Å². The molecule has 0 radical (unpaired) electrons. The van der Waals surface area contributed by atoms with E-state index in [2.05, 4.69) is 9.44 Å². The summed E-state index contributed by atoms with van der Waals surface area (Å²) in [4.78, 5) is -0.00387. The maximum absolute atomic E-state index is 12.3. The molecule has 10 heteroatoms. The number of sulfonamides is 2. The Hall–Kier alpha value is -1.16. The van der Waals surface area contributed by atoms with Crippen molar-refractivity contribution in [3.05, 3.63) is 63.6 Å². The highest BCUT2D eigenvalue weighted by atomic mass is 35.5. The Morgan fingerprint density at radius 2 is 1.60 bits per heavy atom. The van der Waals surface area contributed by atoms with E-state index in [0.717, 1.165) is 0 Å². The Morgan fingerprint density at radius 1 is 0.920 bits per heavy atom. The summed E-state index contributed by atoms with van der Waals surface area (Å²) in [5.74, 6) is -0.184. The average Bonchev–Trinajstić information content (AvgIpc) is 2.55. The summed E-state index contributed by atoms with van der Waals surface area (Å²) in [5, 5.41) is 0.405. The van der Waals surface area contributed by atoms with Crippen molar-refractivity contribution in [2.24, 2.45) is 0 Å². The van der Waals surface area contributed by atoms with E-state index >= 15 is 0 Å². The smallest absolute Gasteiger partial charge is 0.218 e. The number of hydrogen-bond acceptors (Lipinski definition) is 4. The molecule has 2 aromatic carbocycles. The van der Waals surface area contributed by atoms with Crippen LogP contribution in [0.15, 0.2) is 47.4 Å². The van der Waals surface area contributed by atoms with E-state index in [1.54, 1.807) is 24.3 Å². The number of halogens is 2. The molecule has 0 aliphatic carbocycles. The third kappa shape index (κ3) is 5.67. The predicted octanol–water partition coefficient (Wildman–Crippen LogP) is 2.52. The van der Waals surface area contributed by atoms with Gasteiger partial charge in [-0.2, -0.15) is 0 Å². The van der Waals surface area contributed by atoms with Gasteiger partial charge in [0.25, 0.3) is 0 Å². The highest BCUT2D eigenvalue weighted by molar-refractivity contribution is 7.89. The molecule has 6 nitrogen and oxygen atoms in total. The van der Waals surface area contributed by atoms with Crippen LogP contribution in [-0.4, -0.2) is 23.9 Å². The van der Waals surface area contributed by atoms with Crippen molar-refractivity contribution in [1.82, 2.24) is 9.44 Å². The Bertz CT molecular complexity index is 977. The van der Waals surface area contributed by atoms with Crippen LogP contribution in [0.2, 0.25) is 10.0 Å². The molecule has 0 spiro atoms. The molecule has 0 fully saturated rings. The zero-order valence-corrected chi connectivity index (χ0v) is 16.3. The van der Waals surface area contributed by atoms with Crippen molar-refractivity contribution in [2.45, 2.75) is 17.2 Å². The number of nitrogens with one attached hydrogen (secondary N) is 2. The lowest BCUT2D eigenvalue weighted by Gasteiger charge is -2.09. The molecule has 0 bridgehead atoms. The Balaban J connectivity index is 2.14. The van der Waals surface area contributed by atoms with E-state index in [1.165, 1.54) is 25.2 Å². The zero-order chi connectivity index (χ0) is 18.7. The van der Waals surface area contributed by atoms with Crippen LogP contribution in [0.1, 0.15) is 11.1 Å². The van der Waals surface area contributed by atoms with Crippen LogP contribution >= 0.6 is 23.2 Å². The Kier molecular flexibility index (Phi) is 6.47. The first-order valence-electron chi connectivity index (χ1n) is 7.07. The first kappa shape index (κ1) is 20.2. The lowest BCUT2D eigenvalue weighted by molar-refractivity contribution is 0.580. The number of hydrogen-bond donors (Lipinski definition) is 2. The molecule has 0 saturated heterocycles. The standard InChI is InChI=1S/C15H16Cl2N2O4S2/c1-18-24(20,21)10-12-4-2-3-11(7-12)9-19-25(22,23)13-5-6-14(16)15(17)8-13/h2-8,18-19H,9-10H2,1H3. The summed E-state index contributed by atoms with van der Waals surface area (Å²) in [6.45, 7) is 0.00994. The normalized spacial score (nSPS) is 12.3. The van der Waals surface area contributed by atoms with Crippen LogP contribution in [0.25, 0.3) is 0 Å². The van der Waals surface area contributed by atoms with Crippen molar-refractivity contribution in [3.63, 3.8) is 0 Å². The molecular formula is C15H16Cl2N2O4S2. The molecular weight excluding hydrogens is 407 g/mol. The van der Waals surface area contributed by atoms with Crippen molar-refractivity contribution in [3.8, 4) is 0 Å². The van der Waals surface area contributed by atoms with Gasteiger partial charge in [0, 0.05) is 6.54 Å². The van der Waals surface area contributed by atoms with E-state index in [4.69, 9.17) is 23.2 Å². The fourth-order valence-corrected chi connectivity index (χ4v) is 4.20. The second-order valence-electron chi connectivity index (χ2n) is 5.18. The van der Waals surface area contributed by atoms with Gasteiger partial charge in [0.05, 0.1) is 20.7 Å². The predicted molar refractivity (Wildman–Crippen MR) is 98.6 cm³/mol. The topological polar surface area (TPSA) is 92.3 Å². The van der Waals surface area contributed by atoms with E-state index in [-0.39, 0.29) is 27.2 Å². The fourth-order valence-electron chi connectivity index (χ4n) is 2.03. The molecule has 0 unspecified atom stereocenters. The maximum Gasteiger partial charge on any atom is 0.240 e. The van der Waals surface area contributed by atoms with Gasteiger partial charge in [-0.25, -0.2) is 26.3 Å². The maximum atomic E-state index is 12.3. The molecule has 0 heterocycles. The fraction of sp³-hybridized carbons (Fsp3) is 0.200. The lowest BCUT2D eigenvalue weighted by atomic mass is 10.1. The third-order valence-corrected chi connectivity index (χ3v) is 6.80. The van der Waals surface area contributed by atoms with Gasteiger partial charge >= 0.3 is 0 Å². The first-order chi connectivity index (χ1) is 11.6. The van der Waals surface area contributed by atoms with Crippen LogP contribution < -0.4 is 9.44 Å². The van der Waals surface area contributed by atoms with Crippen LogP contribution in [-0.2, 0) is 32.3 Å². The van der Waals surface area contributed by atoms with E-state index in [0.29, 0.717) is 11.1 Å². The molecule has 0 atom stereocenters. The van der Waals surface area contributed by atoms with Gasteiger partial charge in [0.1, 0.15) is 0 Å². The van der Waals surface area contributed by atoms with Gasteiger partial charge in [-0.3, -0.25) is 0 Å². The Morgan fingerprint density at radius 3 is 2.24 bits per heavy atom. The molecule has 0 aromatic heterocycles.